The van der Waals surface area contributed by atoms with E-state index in [0.29, 0.717) is 12.0 Å². The number of carbonyl (C=O) groups is 4. The highest BCUT2D eigenvalue weighted by Crippen LogP contribution is 2.80. The van der Waals surface area contributed by atoms with Crippen molar-refractivity contribution in [2.45, 2.75) is 117 Å². The van der Waals surface area contributed by atoms with Crippen LogP contribution in [0.2, 0.25) is 0 Å². The zero-order valence-electron chi connectivity index (χ0n) is 26.0. The summed E-state index contributed by atoms with van der Waals surface area (Å²) < 4.78 is 35.9. The molecular weight excluding hydrogens is 560 g/mol. The number of aliphatic hydroxyl groups excluding tert-OH is 1. The Labute approximate surface area is 250 Å². The lowest BCUT2D eigenvalue weighted by Crippen LogP contribution is -2.78. The highest BCUT2D eigenvalue weighted by atomic mass is 16.7. The van der Waals surface area contributed by atoms with E-state index in [2.05, 4.69) is 0 Å². The number of carbonyl (C=O) groups excluding carboxylic acids is 4. The lowest BCUT2D eigenvalue weighted by Gasteiger charge is -2.72. The number of hydrogen-bond acceptors (Lipinski definition) is 11. The first-order valence-electron chi connectivity index (χ1n) is 15.1. The lowest BCUT2D eigenvalue weighted by atomic mass is 9.33. The fourth-order valence-corrected chi connectivity index (χ4v) is 10.7. The summed E-state index contributed by atoms with van der Waals surface area (Å²) in [7, 11) is 0. The Bertz CT molecular complexity index is 1350. The molecule has 5 fully saturated rings. The summed E-state index contributed by atoms with van der Waals surface area (Å²) in [5.74, 6) is -2.96. The second kappa shape index (κ2) is 9.30. The molecule has 43 heavy (non-hydrogen) atoms. The maximum absolute atomic E-state index is 13.5. The third-order valence-electron chi connectivity index (χ3n) is 12.1. The van der Waals surface area contributed by atoms with Crippen LogP contribution in [0.25, 0.3) is 0 Å². The Balaban J connectivity index is 1.57. The first kappa shape index (κ1) is 30.1. The molecule has 1 unspecified atom stereocenters. The average Bonchev–Trinajstić information content (AvgIpc) is 3.46. The van der Waals surface area contributed by atoms with Gasteiger partial charge in [-0.15, -0.1) is 0 Å². The molecule has 0 radical (unpaired) electrons. The van der Waals surface area contributed by atoms with Crippen LogP contribution in [0, 0.1) is 33.5 Å². The molecule has 3 aliphatic carbocycles. The topological polar surface area (TPSA) is 151 Å². The van der Waals surface area contributed by atoms with Crippen LogP contribution in [0.3, 0.4) is 0 Å². The predicted molar refractivity (Wildman–Crippen MR) is 147 cm³/mol. The third kappa shape index (κ3) is 3.73. The molecule has 11 heteroatoms. The average molecular weight is 603 g/mol. The number of esters is 4. The van der Waals surface area contributed by atoms with Gasteiger partial charge < -0.3 is 33.2 Å². The number of fused-ring (bicyclic) bond motifs is 3. The molecule has 1 aromatic rings. The highest BCUT2D eigenvalue weighted by Gasteiger charge is 2.90. The van der Waals surface area contributed by atoms with Gasteiger partial charge in [-0.2, -0.15) is 0 Å². The lowest BCUT2D eigenvalue weighted by molar-refractivity contribution is -0.318. The number of rotatable bonds is 4. The van der Waals surface area contributed by atoms with E-state index in [0.717, 1.165) is 0 Å². The molecule has 6 rings (SSSR count). The van der Waals surface area contributed by atoms with Gasteiger partial charge in [-0.25, -0.2) is 4.79 Å². The smallest absolute Gasteiger partial charge is 0.339 e. The van der Waals surface area contributed by atoms with Crippen LogP contribution in [0.15, 0.2) is 23.0 Å². The maximum atomic E-state index is 13.5. The van der Waals surface area contributed by atoms with Gasteiger partial charge in [0, 0.05) is 60.3 Å². The van der Waals surface area contributed by atoms with E-state index < -0.39 is 93.7 Å². The SMILES string of the molecule is CC(=O)O[C@H]1C[C@H](OC(C)=O)[C@]2(C)C3[C@@H](O)C[C@@]4(C)[C@H](c5ccoc5)OC(=O)[C@@H]5O[C@]54[C@]3(C)[C@H](OC(C)=O)C[C@@H]2C1(C)C. The third-order valence-corrected chi connectivity index (χ3v) is 12.1. The van der Waals surface area contributed by atoms with Crippen LogP contribution < -0.4 is 0 Å². The molecule has 1 spiro atoms. The molecule has 1 N–H and O–H groups in total. The van der Waals surface area contributed by atoms with Gasteiger partial charge in [0.1, 0.15) is 30.0 Å². The summed E-state index contributed by atoms with van der Waals surface area (Å²) >= 11 is 0. The first-order valence-corrected chi connectivity index (χ1v) is 15.1. The summed E-state index contributed by atoms with van der Waals surface area (Å²) in [4.78, 5) is 51.0. The molecule has 0 bridgehead atoms. The Morgan fingerprint density at radius 2 is 1.49 bits per heavy atom. The van der Waals surface area contributed by atoms with Crippen LogP contribution in [-0.2, 0) is 42.9 Å². The fourth-order valence-electron chi connectivity index (χ4n) is 10.7. The van der Waals surface area contributed by atoms with Gasteiger partial charge in [-0.1, -0.05) is 34.6 Å². The van der Waals surface area contributed by atoms with E-state index in [1.807, 2.05) is 34.6 Å². The van der Waals surface area contributed by atoms with Gasteiger partial charge in [0.05, 0.1) is 18.6 Å². The van der Waals surface area contributed by atoms with Crippen molar-refractivity contribution in [1.29, 1.82) is 0 Å². The predicted octanol–water partition coefficient (Wildman–Crippen LogP) is 3.66. The molecular formula is C32H42O11. The normalized spacial score (nSPS) is 47.4. The van der Waals surface area contributed by atoms with Crippen LogP contribution >= 0.6 is 0 Å². The molecule has 11 nitrogen and oxygen atoms in total. The van der Waals surface area contributed by atoms with E-state index >= 15 is 0 Å². The minimum absolute atomic E-state index is 0.197. The number of aliphatic hydroxyl groups is 1. The van der Waals surface area contributed by atoms with Crippen LogP contribution in [0.1, 0.15) is 86.3 Å². The number of epoxide rings is 1. The van der Waals surface area contributed by atoms with E-state index in [-0.39, 0.29) is 18.8 Å². The van der Waals surface area contributed by atoms with Crippen LogP contribution in [-0.4, -0.2) is 65.1 Å². The van der Waals surface area contributed by atoms with Gasteiger partial charge >= 0.3 is 23.9 Å². The number of ether oxygens (including phenoxy) is 5. The zero-order valence-corrected chi connectivity index (χ0v) is 26.0. The Morgan fingerprint density at radius 3 is 2.07 bits per heavy atom. The van der Waals surface area contributed by atoms with Crippen molar-refractivity contribution < 1.29 is 52.4 Å². The summed E-state index contributed by atoms with van der Waals surface area (Å²) in [5, 5.41) is 12.4. The fraction of sp³-hybridized carbons (Fsp3) is 0.750. The van der Waals surface area contributed by atoms with Crippen LogP contribution in [0.4, 0.5) is 0 Å². The Hall–Kier alpha value is -2.92. The molecule has 2 saturated heterocycles. The minimum Gasteiger partial charge on any atom is -0.472 e. The van der Waals surface area contributed by atoms with Crippen molar-refractivity contribution in [3.8, 4) is 0 Å². The second-order valence-corrected chi connectivity index (χ2v) is 14.6. The molecule has 3 saturated carbocycles. The van der Waals surface area contributed by atoms with Crippen LogP contribution in [0.5, 0.6) is 0 Å². The van der Waals surface area contributed by atoms with Crippen molar-refractivity contribution in [2.24, 2.45) is 33.5 Å². The van der Waals surface area contributed by atoms with E-state index in [1.165, 1.54) is 33.3 Å². The summed E-state index contributed by atoms with van der Waals surface area (Å²) in [6.45, 7) is 13.9. The van der Waals surface area contributed by atoms with Crippen molar-refractivity contribution in [3.63, 3.8) is 0 Å². The molecule has 2 aliphatic heterocycles. The summed E-state index contributed by atoms with van der Waals surface area (Å²) in [6.07, 6.45) is -1.10. The quantitative estimate of drug-likeness (QED) is 0.305. The van der Waals surface area contributed by atoms with Gasteiger partial charge in [-0.05, 0) is 24.8 Å². The van der Waals surface area contributed by atoms with Gasteiger partial charge in [0.25, 0.3) is 0 Å². The van der Waals surface area contributed by atoms with Crippen molar-refractivity contribution >= 4 is 23.9 Å². The highest BCUT2D eigenvalue weighted by molar-refractivity contribution is 5.82. The largest absolute Gasteiger partial charge is 0.472 e. The molecule has 0 aromatic carbocycles. The van der Waals surface area contributed by atoms with E-state index in [4.69, 9.17) is 28.1 Å². The second-order valence-electron chi connectivity index (χ2n) is 14.6. The number of cyclic esters (lactones) is 1. The van der Waals surface area contributed by atoms with Crippen molar-refractivity contribution in [2.75, 3.05) is 0 Å². The first-order chi connectivity index (χ1) is 20.0. The van der Waals surface area contributed by atoms with Gasteiger partial charge in [0.15, 0.2) is 6.10 Å². The Kier molecular flexibility index (Phi) is 6.51. The zero-order chi connectivity index (χ0) is 31.5. The molecule has 1 aromatic heterocycles. The van der Waals surface area contributed by atoms with Gasteiger partial charge in [0.2, 0.25) is 0 Å². The molecule has 12 atom stereocenters. The molecule has 0 amide bonds. The molecule has 236 valence electrons. The van der Waals surface area contributed by atoms with E-state index in [1.54, 1.807) is 6.07 Å². The van der Waals surface area contributed by atoms with Crippen molar-refractivity contribution in [3.05, 3.63) is 24.2 Å². The van der Waals surface area contributed by atoms with Crippen molar-refractivity contribution in [1.82, 2.24) is 0 Å². The minimum atomic E-state index is -1.17. The Morgan fingerprint density at radius 1 is 0.884 bits per heavy atom. The molecule has 5 aliphatic rings. The summed E-state index contributed by atoms with van der Waals surface area (Å²) in [5.41, 5.74) is -4.14. The summed E-state index contributed by atoms with van der Waals surface area (Å²) in [6, 6.07) is 1.73. The van der Waals surface area contributed by atoms with E-state index in [9.17, 15) is 24.3 Å². The molecule has 3 heterocycles. The number of furan rings is 1. The maximum Gasteiger partial charge on any atom is 0.339 e. The standard InChI is InChI=1S/C32H42O11/c1-15(33)39-21-12-22(40-16(2)34)30(7)20(28(21,4)5)11-23(41-17(3)35)31(8)24(30)19(36)13-29(6)25(18-9-10-38-14-18)42-27(37)26-32(29,31)43-26/h9-10,14,19-26,36H,11-13H2,1-8H3/t19-,20+,21-,22-,23+,24?,25-,26-,29-,30+,31+,32+/m0/s1. The monoisotopic (exact) mass is 602 g/mol. The number of hydrogen-bond donors (Lipinski definition) is 1. The van der Waals surface area contributed by atoms with Gasteiger partial charge in [-0.3, -0.25) is 14.4 Å².